The van der Waals surface area contributed by atoms with E-state index in [4.69, 9.17) is 0 Å². The molecule has 0 aliphatic heterocycles. The third-order valence-electron chi connectivity index (χ3n) is 3.67. The Hall–Kier alpha value is -1.36. The lowest BCUT2D eigenvalue weighted by Crippen LogP contribution is -2.37. The summed E-state index contributed by atoms with van der Waals surface area (Å²) in [7, 11) is 1.81. The predicted octanol–water partition coefficient (Wildman–Crippen LogP) is 3.43. The van der Waals surface area contributed by atoms with Gasteiger partial charge >= 0.3 is 0 Å². The summed E-state index contributed by atoms with van der Waals surface area (Å²) in [5.41, 5.74) is 2.76. The van der Waals surface area contributed by atoms with Crippen LogP contribution in [0.1, 0.15) is 56.2 Å². The summed E-state index contributed by atoms with van der Waals surface area (Å²) in [6.07, 6.45) is 7.34. The number of thiazole rings is 1. The van der Waals surface area contributed by atoms with E-state index in [0.717, 1.165) is 30.5 Å². The average Bonchev–Trinajstić information content (AvgIpc) is 3.13. The second-order valence-corrected chi connectivity index (χ2v) is 6.62. The van der Waals surface area contributed by atoms with Crippen LogP contribution >= 0.6 is 11.3 Å². The molecular formula is C16H26N4S. The summed E-state index contributed by atoms with van der Waals surface area (Å²) in [5, 5.41) is 9.96. The van der Waals surface area contributed by atoms with Crippen LogP contribution in [0.25, 0.3) is 0 Å². The van der Waals surface area contributed by atoms with Crippen molar-refractivity contribution in [2.45, 2.75) is 52.0 Å². The van der Waals surface area contributed by atoms with Crippen LogP contribution in [0.4, 0.5) is 0 Å². The molecule has 0 fully saturated rings. The van der Waals surface area contributed by atoms with Crippen molar-refractivity contribution in [1.82, 2.24) is 15.6 Å². The molecule has 0 spiro atoms. The van der Waals surface area contributed by atoms with Gasteiger partial charge in [0.1, 0.15) is 5.01 Å². The van der Waals surface area contributed by atoms with Gasteiger partial charge in [-0.1, -0.05) is 25.5 Å². The molecule has 5 heteroatoms. The van der Waals surface area contributed by atoms with Gasteiger partial charge in [0.05, 0.1) is 12.2 Å². The number of hydrogen-bond donors (Lipinski definition) is 2. The molecule has 4 nitrogen and oxygen atoms in total. The zero-order valence-electron chi connectivity index (χ0n) is 13.3. The fraction of sp³-hybridized carbons (Fsp3) is 0.625. The van der Waals surface area contributed by atoms with Crippen molar-refractivity contribution in [3.63, 3.8) is 0 Å². The lowest BCUT2D eigenvalue weighted by Gasteiger charge is -2.11. The number of hydrogen-bond acceptors (Lipinski definition) is 3. The fourth-order valence-corrected chi connectivity index (χ4v) is 3.25. The van der Waals surface area contributed by atoms with Gasteiger partial charge in [-0.2, -0.15) is 0 Å². The molecule has 21 heavy (non-hydrogen) atoms. The van der Waals surface area contributed by atoms with Crippen LogP contribution in [-0.2, 0) is 6.54 Å². The molecule has 116 valence electrons. The SMILES string of the molecule is CN=C(NCCC1=CCCC1)NCc1nc(C(C)C)cs1. The first kappa shape index (κ1) is 16.0. The van der Waals surface area contributed by atoms with E-state index in [9.17, 15) is 0 Å². The van der Waals surface area contributed by atoms with Crippen LogP contribution in [0.3, 0.4) is 0 Å². The predicted molar refractivity (Wildman–Crippen MR) is 91.0 cm³/mol. The Labute approximate surface area is 131 Å². The number of nitrogens with zero attached hydrogens (tertiary/aromatic N) is 2. The van der Waals surface area contributed by atoms with Gasteiger partial charge in [0, 0.05) is 19.0 Å². The lowest BCUT2D eigenvalue weighted by atomic mass is 10.2. The number of aliphatic imine (C=N–C) groups is 1. The summed E-state index contributed by atoms with van der Waals surface area (Å²) >= 11 is 1.71. The summed E-state index contributed by atoms with van der Waals surface area (Å²) in [5.74, 6) is 1.35. The summed E-state index contributed by atoms with van der Waals surface area (Å²) in [4.78, 5) is 8.88. The van der Waals surface area contributed by atoms with Crippen molar-refractivity contribution < 1.29 is 0 Å². The first-order chi connectivity index (χ1) is 10.2. The average molecular weight is 306 g/mol. The second-order valence-electron chi connectivity index (χ2n) is 5.68. The maximum atomic E-state index is 4.62. The van der Waals surface area contributed by atoms with E-state index in [0.29, 0.717) is 5.92 Å². The number of aromatic nitrogens is 1. The minimum absolute atomic E-state index is 0.493. The van der Waals surface area contributed by atoms with Crippen molar-refractivity contribution in [3.05, 3.63) is 27.7 Å². The van der Waals surface area contributed by atoms with Crippen LogP contribution in [0.5, 0.6) is 0 Å². The van der Waals surface area contributed by atoms with E-state index >= 15 is 0 Å². The quantitative estimate of drug-likeness (QED) is 0.481. The second kappa shape index (κ2) is 8.17. The van der Waals surface area contributed by atoms with E-state index in [1.165, 1.54) is 25.0 Å². The molecule has 2 rings (SSSR count). The Morgan fingerprint density at radius 3 is 2.90 bits per heavy atom. The Bertz CT molecular complexity index is 502. The Morgan fingerprint density at radius 2 is 2.29 bits per heavy atom. The van der Waals surface area contributed by atoms with E-state index < -0.39 is 0 Å². The molecular weight excluding hydrogens is 280 g/mol. The highest BCUT2D eigenvalue weighted by molar-refractivity contribution is 7.09. The van der Waals surface area contributed by atoms with Gasteiger partial charge in [-0.15, -0.1) is 11.3 Å². The standard InChI is InChI=1S/C16H26N4S/c1-12(2)14-11-21-15(20-14)10-19-16(17-3)18-9-8-13-6-4-5-7-13/h6,11-12H,4-5,7-10H2,1-3H3,(H2,17,18,19). The maximum Gasteiger partial charge on any atom is 0.191 e. The van der Waals surface area contributed by atoms with E-state index in [2.05, 4.69) is 45.9 Å². The first-order valence-corrected chi connectivity index (χ1v) is 8.63. The van der Waals surface area contributed by atoms with Crippen molar-refractivity contribution >= 4 is 17.3 Å². The van der Waals surface area contributed by atoms with Gasteiger partial charge in [0.15, 0.2) is 5.96 Å². The fourth-order valence-electron chi connectivity index (χ4n) is 2.36. The van der Waals surface area contributed by atoms with E-state index in [1.807, 2.05) is 7.05 Å². The van der Waals surface area contributed by atoms with Crippen LogP contribution in [0.2, 0.25) is 0 Å². The maximum absolute atomic E-state index is 4.62. The molecule has 0 saturated carbocycles. The lowest BCUT2D eigenvalue weighted by molar-refractivity contribution is 0.764. The van der Waals surface area contributed by atoms with Gasteiger partial charge in [0.2, 0.25) is 0 Å². The zero-order valence-corrected chi connectivity index (χ0v) is 14.1. The molecule has 1 aromatic rings. The summed E-state index contributed by atoms with van der Waals surface area (Å²) < 4.78 is 0. The Balaban J connectivity index is 1.71. The van der Waals surface area contributed by atoms with Crippen molar-refractivity contribution in [2.24, 2.45) is 4.99 Å². The highest BCUT2D eigenvalue weighted by Gasteiger charge is 2.07. The number of rotatable bonds is 6. The van der Waals surface area contributed by atoms with Gasteiger partial charge in [-0.25, -0.2) is 4.98 Å². The van der Waals surface area contributed by atoms with Gasteiger partial charge in [-0.05, 0) is 31.6 Å². The topological polar surface area (TPSA) is 49.3 Å². The summed E-state index contributed by atoms with van der Waals surface area (Å²) in [6, 6.07) is 0. The monoisotopic (exact) mass is 306 g/mol. The minimum Gasteiger partial charge on any atom is -0.356 e. The normalized spacial score (nSPS) is 15.4. The zero-order chi connectivity index (χ0) is 15.1. The largest absolute Gasteiger partial charge is 0.356 e. The van der Waals surface area contributed by atoms with Crippen LogP contribution < -0.4 is 10.6 Å². The highest BCUT2D eigenvalue weighted by Crippen LogP contribution is 2.19. The van der Waals surface area contributed by atoms with Crippen molar-refractivity contribution in [1.29, 1.82) is 0 Å². The molecule has 1 heterocycles. The molecule has 0 bridgehead atoms. The molecule has 0 atom stereocenters. The minimum atomic E-state index is 0.493. The first-order valence-electron chi connectivity index (χ1n) is 7.75. The van der Waals surface area contributed by atoms with Crippen molar-refractivity contribution in [2.75, 3.05) is 13.6 Å². The molecule has 0 amide bonds. The van der Waals surface area contributed by atoms with E-state index in [1.54, 1.807) is 16.9 Å². The number of nitrogens with one attached hydrogen (secondary N) is 2. The molecule has 0 radical (unpaired) electrons. The molecule has 1 aromatic heterocycles. The van der Waals surface area contributed by atoms with Crippen LogP contribution in [-0.4, -0.2) is 24.5 Å². The third kappa shape index (κ3) is 5.16. The molecule has 0 saturated heterocycles. The molecule has 2 N–H and O–H groups in total. The summed E-state index contributed by atoms with van der Waals surface area (Å²) in [6.45, 7) is 6.02. The molecule has 1 aliphatic rings. The molecule has 0 unspecified atom stereocenters. The number of guanidine groups is 1. The Kier molecular flexibility index (Phi) is 6.23. The Morgan fingerprint density at radius 1 is 1.43 bits per heavy atom. The van der Waals surface area contributed by atoms with Gasteiger partial charge in [0.25, 0.3) is 0 Å². The van der Waals surface area contributed by atoms with Crippen molar-refractivity contribution in [3.8, 4) is 0 Å². The smallest absolute Gasteiger partial charge is 0.191 e. The molecule has 0 aromatic carbocycles. The van der Waals surface area contributed by atoms with Crippen LogP contribution in [0.15, 0.2) is 22.0 Å². The third-order valence-corrected chi connectivity index (χ3v) is 4.53. The van der Waals surface area contributed by atoms with E-state index in [-0.39, 0.29) is 0 Å². The molecule has 1 aliphatic carbocycles. The highest BCUT2D eigenvalue weighted by atomic mass is 32.1. The van der Waals surface area contributed by atoms with Crippen LogP contribution in [0, 0.1) is 0 Å². The van der Waals surface area contributed by atoms with Gasteiger partial charge < -0.3 is 10.6 Å². The van der Waals surface area contributed by atoms with Gasteiger partial charge in [-0.3, -0.25) is 4.99 Å². The number of allylic oxidation sites excluding steroid dienone is 1.